The highest BCUT2D eigenvalue weighted by Crippen LogP contribution is 2.28. The number of Topliss-reactive ketones (excluding diaryl/α,β-unsaturated/α-hetero) is 1. The van der Waals surface area contributed by atoms with E-state index in [2.05, 4.69) is 31.2 Å². The third-order valence-electron chi connectivity index (χ3n) is 4.68. The quantitative estimate of drug-likeness (QED) is 0.522. The van der Waals surface area contributed by atoms with Crippen molar-refractivity contribution in [3.8, 4) is 28.4 Å². The first kappa shape index (κ1) is 21.4. The van der Waals surface area contributed by atoms with E-state index in [0.717, 1.165) is 11.1 Å². The van der Waals surface area contributed by atoms with Crippen LogP contribution >= 0.6 is 0 Å². The fourth-order valence-electron chi connectivity index (χ4n) is 2.92. The Kier molecular flexibility index (Phi) is 7.09. The van der Waals surface area contributed by atoms with E-state index in [1.54, 1.807) is 18.2 Å². The topological polar surface area (TPSA) is 65.0 Å². The summed E-state index contributed by atoms with van der Waals surface area (Å²) in [7, 11) is 1.51. The highest BCUT2D eigenvalue weighted by Gasteiger charge is 2.12. The minimum Gasteiger partial charge on any atom is -0.493 e. The Bertz CT molecular complexity index is 977. The SMILES string of the molecule is COc1cc(C(C)=O)ccc1OCC(O)COc1ccc(-c2ccc(C)cc2)cc1. The number of hydrogen-bond donors (Lipinski definition) is 1. The summed E-state index contributed by atoms with van der Waals surface area (Å²) < 4.78 is 16.6. The van der Waals surface area contributed by atoms with Gasteiger partial charge in [-0.05, 0) is 55.3 Å². The average molecular weight is 406 g/mol. The summed E-state index contributed by atoms with van der Waals surface area (Å²) in [5.74, 6) is 1.53. The second kappa shape index (κ2) is 9.94. The molecule has 0 aromatic heterocycles. The Labute approximate surface area is 176 Å². The molecule has 3 rings (SSSR count). The zero-order valence-electron chi connectivity index (χ0n) is 17.4. The molecule has 1 N–H and O–H groups in total. The van der Waals surface area contributed by atoms with Crippen molar-refractivity contribution in [1.29, 1.82) is 0 Å². The van der Waals surface area contributed by atoms with Gasteiger partial charge < -0.3 is 19.3 Å². The zero-order valence-corrected chi connectivity index (χ0v) is 17.4. The van der Waals surface area contributed by atoms with Crippen LogP contribution in [-0.2, 0) is 0 Å². The number of rotatable bonds is 9. The van der Waals surface area contributed by atoms with Crippen molar-refractivity contribution in [1.82, 2.24) is 0 Å². The van der Waals surface area contributed by atoms with Crippen molar-refractivity contribution in [3.05, 3.63) is 77.9 Å². The molecule has 5 nitrogen and oxygen atoms in total. The van der Waals surface area contributed by atoms with Gasteiger partial charge in [-0.3, -0.25) is 4.79 Å². The van der Waals surface area contributed by atoms with Gasteiger partial charge in [0.1, 0.15) is 25.1 Å². The third kappa shape index (κ3) is 5.61. The molecule has 0 spiro atoms. The maximum absolute atomic E-state index is 11.5. The molecule has 30 heavy (non-hydrogen) atoms. The molecule has 0 aliphatic carbocycles. The molecule has 3 aromatic carbocycles. The molecule has 3 aromatic rings. The predicted octanol–water partition coefficient (Wildman–Crippen LogP) is 4.69. The molecule has 0 aliphatic rings. The van der Waals surface area contributed by atoms with Crippen molar-refractivity contribution in [3.63, 3.8) is 0 Å². The van der Waals surface area contributed by atoms with Crippen LogP contribution in [0.2, 0.25) is 0 Å². The van der Waals surface area contributed by atoms with E-state index in [1.807, 2.05) is 24.3 Å². The molecule has 1 atom stereocenters. The average Bonchev–Trinajstić information content (AvgIpc) is 2.77. The van der Waals surface area contributed by atoms with Gasteiger partial charge in [-0.2, -0.15) is 0 Å². The second-order valence-electron chi connectivity index (χ2n) is 7.09. The lowest BCUT2D eigenvalue weighted by Crippen LogP contribution is -2.25. The van der Waals surface area contributed by atoms with Crippen molar-refractivity contribution in [2.75, 3.05) is 20.3 Å². The summed E-state index contributed by atoms with van der Waals surface area (Å²) in [6.45, 7) is 3.69. The normalized spacial score (nSPS) is 11.6. The van der Waals surface area contributed by atoms with Crippen LogP contribution in [0.15, 0.2) is 66.7 Å². The summed E-state index contributed by atoms with van der Waals surface area (Å²) in [5.41, 5.74) is 4.01. The Hall–Kier alpha value is -3.31. The molecule has 0 amide bonds. The Morgan fingerprint density at radius 3 is 2.07 bits per heavy atom. The summed E-state index contributed by atoms with van der Waals surface area (Å²) in [4.78, 5) is 11.5. The molecule has 156 valence electrons. The molecule has 5 heteroatoms. The molecular weight excluding hydrogens is 380 g/mol. The smallest absolute Gasteiger partial charge is 0.161 e. The maximum Gasteiger partial charge on any atom is 0.161 e. The van der Waals surface area contributed by atoms with E-state index < -0.39 is 6.10 Å². The number of benzene rings is 3. The number of aliphatic hydroxyl groups excluding tert-OH is 1. The third-order valence-corrected chi connectivity index (χ3v) is 4.68. The predicted molar refractivity (Wildman–Crippen MR) is 117 cm³/mol. The van der Waals surface area contributed by atoms with E-state index in [9.17, 15) is 9.90 Å². The van der Waals surface area contributed by atoms with Gasteiger partial charge >= 0.3 is 0 Å². The van der Waals surface area contributed by atoms with Crippen molar-refractivity contribution in [2.45, 2.75) is 20.0 Å². The van der Waals surface area contributed by atoms with Crippen molar-refractivity contribution in [2.24, 2.45) is 0 Å². The number of ether oxygens (including phenoxy) is 3. The molecule has 1 unspecified atom stereocenters. The lowest BCUT2D eigenvalue weighted by Gasteiger charge is -2.16. The van der Waals surface area contributed by atoms with Crippen LogP contribution < -0.4 is 14.2 Å². The summed E-state index contributed by atoms with van der Waals surface area (Å²) >= 11 is 0. The molecule has 0 saturated carbocycles. The summed E-state index contributed by atoms with van der Waals surface area (Å²) in [6.07, 6.45) is -0.820. The molecule has 0 aliphatic heterocycles. The molecule has 0 saturated heterocycles. The Morgan fingerprint density at radius 1 is 0.867 bits per heavy atom. The first-order valence-electron chi connectivity index (χ1n) is 9.76. The number of carbonyl (C=O) groups excluding carboxylic acids is 1. The molecule has 0 heterocycles. The Balaban J connectivity index is 1.51. The minimum absolute atomic E-state index is 0.0389. The van der Waals surface area contributed by atoms with E-state index in [4.69, 9.17) is 14.2 Å². The van der Waals surface area contributed by atoms with Crippen LogP contribution in [0.1, 0.15) is 22.8 Å². The molecule has 0 bridgehead atoms. The van der Waals surface area contributed by atoms with E-state index in [1.165, 1.54) is 19.6 Å². The number of aliphatic hydroxyl groups is 1. The zero-order chi connectivity index (χ0) is 21.5. The number of carbonyl (C=O) groups is 1. The maximum atomic E-state index is 11.5. The first-order chi connectivity index (χ1) is 14.5. The van der Waals surface area contributed by atoms with Gasteiger partial charge in [0, 0.05) is 5.56 Å². The van der Waals surface area contributed by atoms with Crippen LogP contribution in [0.4, 0.5) is 0 Å². The number of methoxy groups -OCH3 is 1. The van der Waals surface area contributed by atoms with Gasteiger partial charge in [-0.1, -0.05) is 42.0 Å². The second-order valence-corrected chi connectivity index (χ2v) is 7.09. The van der Waals surface area contributed by atoms with Gasteiger partial charge in [0.15, 0.2) is 17.3 Å². The number of aryl methyl sites for hydroxylation is 1. The van der Waals surface area contributed by atoms with Gasteiger partial charge in [0.05, 0.1) is 7.11 Å². The highest BCUT2D eigenvalue weighted by molar-refractivity contribution is 5.94. The van der Waals surface area contributed by atoms with Crippen LogP contribution in [0, 0.1) is 6.92 Å². The van der Waals surface area contributed by atoms with Gasteiger partial charge in [-0.25, -0.2) is 0 Å². The molecule has 0 fully saturated rings. The van der Waals surface area contributed by atoms with E-state index >= 15 is 0 Å². The van der Waals surface area contributed by atoms with Crippen LogP contribution in [0.5, 0.6) is 17.2 Å². The first-order valence-corrected chi connectivity index (χ1v) is 9.76. The highest BCUT2D eigenvalue weighted by atomic mass is 16.5. The van der Waals surface area contributed by atoms with Crippen LogP contribution in [-0.4, -0.2) is 37.3 Å². The number of ketones is 1. The van der Waals surface area contributed by atoms with Crippen LogP contribution in [0.25, 0.3) is 11.1 Å². The fourth-order valence-corrected chi connectivity index (χ4v) is 2.92. The summed E-state index contributed by atoms with van der Waals surface area (Å²) in [6, 6.07) is 21.0. The molecular formula is C25H26O5. The van der Waals surface area contributed by atoms with Gasteiger partial charge in [0.2, 0.25) is 0 Å². The monoisotopic (exact) mass is 406 g/mol. The van der Waals surface area contributed by atoms with E-state index in [0.29, 0.717) is 22.8 Å². The fraction of sp³-hybridized carbons (Fsp3) is 0.240. The minimum atomic E-state index is -0.820. The van der Waals surface area contributed by atoms with Crippen molar-refractivity contribution < 1.29 is 24.1 Å². The van der Waals surface area contributed by atoms with E-state index in [-0.39, 0.29) is 19.0 Å². The Morgan fingerprint density at radius 2 is 1.47 bits per heavy atom. The number of hydrogen-bond acceptors (Lipinski definition) is 5. The lowest BCUT2D eigenvalue weighted by molar-refractivity contribution is 0.0616. The van der Waals surface area contributed by atoms with Gasteiger partial charge in [-0.15, -0.1) is 0 Å². The van der Waals surface area contributed by atoms with Crippen LogP contribution in [0.3, 0.4) is 0 Å². The summed E-state index contributed by atoms with van der Waals surface area (Å²) in [5, 5.41) is 10.2. The largest absolute Gasteiger partial charge is 0.493 e. The van der Waals surface area contributed by atoms with Gasteiger partial charge in [0.25, 0.3) is 0 Å². The molecule has 0 radical (unpaired) electrons. The van der Waals surface area contributed by atoms with Crippen molar-refractivity contribution >= 4 is 5.78 Å². The standard InChI is InChI=1S/C25H26O5/c1-17-4-6-19(7-5-17)20-8-11-23(12-9-20)29-15-22(27)16-30-24-13-10-21(18(2)26)14-25(24)28-3/h4-14,22,27H,15-16H2,1-3H3. The lowest BCUT2D eigenvalue weighted by atomic mass is 10.0.